The van der Waals surface area contributed by atoms with Gasteiger partial charge in [-0.2, -0.15) is 4.31 Å². The largest absolute Gasteiger partial charge is 0.480 e. The molecular formula is C13H24N2O5S. The molecule has 1 fully saturated rings. The third-order valence-corrected chi connectivity index (χ3v) is 4.79. The normalized spacial score (nSPS) is 22.0. The van der Waals surface area contributed by atoms with Crippen molar-refractivity contribution in [1.29, 1.82) is 0 Å². The molecule has 1 aliphatic heterocycles. The molecule has 0 spiro atoms. The van der Waals surface area contributed by atoms with Crippen LogP contribution in [0.5, 0.6) is 0 Å². The number of carboxylic acid groups (broad SMARTS) is 1. The van der Waals surface area contributed by atoms with Gasteiger partial charge in [-0.15, -0.1) is 0 Å². The fraction of sp³-hybridized carbons (Fsp3) is 0.846. The van der Waals surface area contributed by atoms with E-state index in [2.05, 4.69) is 5.32 Å². The summed E-state index contributed by atoms with van der Waals surface area (Å²) in [4.78, 5) is 23.5. The number of nitrogens with one attached hydrogen (secondary N) is 1. The summed E-state index contributed by atoms with van der Waals surface area (Å²) < 4.78 is 24.6. The van der Waals surface area contributed by atoms with Crippen molar-refractivity contribution in [3.63, 3.8) is 0 Å². The van der Waals surface area contributed by atoms with Gasteiger partial charge < -0.3 is 10.4 Å². The Hall–Kier alpha value is -1.15. The van der Waals surface area contributed by atoms with E-state index in [0.29, 0.717) is 25.8 Å². The summed E-state index contributed by atoms with van der Waals surface area (Å²) in [6.07, 6.45) is 3.28. The van der Waals surface area contributed by atoms with Gasteiger partial charge in [0.1, 0.15) is 12.1 Å². The first-order chi connectivity index (χ1) is 9.62. The van der Waals surface area contributed by atoms with Crippen LogP contribution in [0.15, 0.2) is 0 Å². The van der Waals surface area contributed by atoms with Crippen LogP contribution in [0.4, 0.5) is 0 Å². The van der Waals surface area contributed by atoms with E-state index in [1.165, 1.54) is 4.31 Å². The maximum absolute atomic E-state index is 12.3. The molecule has 0 aromatic rings. The Labute approximate surface area is 125 Å². The van der Waals surface area contributed by atoms with Gasteiger partial charge in [0.15, 0.2) is 0 Å². The molecule has 0 aromatic carbocycles. The third kappa shape index (κ3) is 5.28. The summed E-state index contributed by atoms with van der Waals surface area (Å²) in [6, 6.07) is -1.79. The van der Waals surface area contributed by atoms with Crippen molar-refractivity contribution in [2.75, 3.05) is 12.8 Å². The SMILES string of the molecule is CC(C)C[C@@H](NC(=O)C1CCCCN1S(C)(=O)=O)C(=O)O. The van der Waals surface area contributed by atoms with Crippen LogP contribution in [-0.2, 0) is 19.6 Å². The average molecular weight is 320 g/mol. The van der Waals surface area contributed by atoms with Crippen LogP contribution in [0.3, 0.4) is 0 Å². The van der Waals surface area contributed by atoms with Crippen molar-refractivity contribution < 1.29 is 23.1 Å². The minimum absolute atomic E-state index is 0.115. The van der Waals surface area contributed by atoms with Crippen LogP contribution in [-0.4, -0.2) is 54.6 Å². The lowest BCUT2D eigenvalue weighted by Gasteiger charge is -2.33. The molecule has 1 saturated heterocycles. The van der Waals surface area contributed by atoms with Gasteiger partial charge in [0, 0.05) is 6.54 Å². The van der Waals surface area contributed by atoms with Crippen LogP contribution < -0.4 is 5.32 Å². The molecule has 1 aliphatic rings. The van der Waals surface area contributed by atoms with Crippen molar-refractivity contribution in [2.45, 2.75) is 51.6 Å². The lowest BCUT2D eigenvalue weighted by Crippen LogP contribution is -2.54. The van der Waals surface area contributed by atoms with Gasteiger partial charge in [-0.1, -0.05) is 20.3 Å². The molecule has 0 radical (unpaired) electrons. The first-order valence-electron chi connectivity index (χ1n) is 7.13. The Balaban J connectivity index is 2.82. The minimum atomic E-state index is -3.47. The van der Waals surface area contributed by atoms with Gasteiger partial charge in [-0.05, 0) is 25.2 Å². The number of carbonyl (C=O) groups is 2. The Morgan fingerprint density at radius 2 is 1.95 bits per heavy atom. The average Bonchev–Trinajstić information content (AvgIpc) is 2.36. The fourth-order valence-electron chi connectivity index (χ4n) is 2.52. The number of aliphatic carboxylic acids is 1. The van der Waals surface area contributed by atoms with Crippen molar-refractivity contribution in [1.82, 2.24) is 9.62 Å². The van der Waals surface area contributed by atoms with Crippen LogP contribution >= 0.6 is 0 Å². The van der Waals surface area contributed by atoms with Crippen LogP contribution in [0.2, 0.25) is 0 Å². The maximum atomic E-state index is 12.3. The highest BCUT2D eigenvalue weighted by atomic mass is 32.2. The lowest BCUT2D eigenvalue weighted by molar-refractivity contribution is -0.143. The highest BCUT2D eigenvalue weighted by molar-refractivity contribution is 7.88. The smallest absolute Gasteiger partial charge is 0.326 e. The molecule has 0 bridgehead atoms. The molecule has 8 heteroatoms. The monoisotopic (exact) mass is 320 g/mol. The number of carboxylic acids is 1. The molecule has 7 nitrogen and oxygen atoms in total. The van der Waals surface area contributed by atoms with Crippen LogP contribution in [0.1, 0.15) is 39.5 Å². The molecule has 1 unspecified atom stereocenters. The van der Waals surface area contributed by atoms with E-state index in [9.17, 15) is 18.0 Å². The summed E-state index contributed by atoms with van der Waals surface area (Å²) in [5.41, 5.74) is 0. The molecule has 1 rings (SSSR count). The fourth-order valence-corrected chi connectivity index (χ4v) is 3.65. The maximum Gasteiger partial charge on any atom is 0.326 e. The van der Waals surface area contributed by atoms with E-state index < -0.39 is 34.0 Å². The molecule has 0 aromatic heterocycles. The Bertz CT molecular complexity index is 489. The number of hydrogen-bond donors (Lipinski definition) is 2. The predicted octanol–water partition coefficient (Wildman–Crippen LogP) is 0.416. The predicted molar refractivity (Wildman–Crippen MR) is 78.2 cm³/mol. The second-order valence-electron chi connectivity index (χ2n) is 5.91. The van der Waals surface area contributed by atoms with Gasteiger partial charge in [-0.25, -0.2) is 13.2 Å². The first-order valence-corrected chi connectivity index (χ1v) is 8.97. The molecule has 21 heavy (non-hydrogen) atoms. The van der Waals surface area contributed by atoms with Crippen LogP contribution in [0, 0.1) is 5.92 Å². The zero-order valence-electron chi connectivity index (χ0n) is 12.7. The molecule has 1 amide bonds. The summed E-state index contributed by atoms with van der Waals surface area (Å²) in [5, 5.41) is 11.6. The van der Waals surface area contributed by atoms with E-state index >= 15 is 0 Å². The highest BCUT2D eigenvalue weighted by Crippen LogP contribution is 2.20. The second-order valence-corrected chi connectivity index (χ2v) is 7.85. The van der Waals surface area contributed by atoms with E-state index in [1.54, 1.807) is 0 Å². The zero-order valence-corrected chi connectivity index (χ0v) is 13.5. The van der Waals surface area contributed by atoms with Crippen molar-refractivity contribution >= 4 is 21.9 Å². The van der Waals surface area contributed by atoms with Gasteiger partial charge in [0.25, 0.3) is 0 Å². The Morgan fingerprint density at radius 3 is 2.43 bits per heavy atom. The quantitative estimate of drug-likeness (QED) is 0.738. The number of piperidine rings is 1. The summed E-state index contributed by atoms with van der Waals surface area (Å²) in [5.74, 6) is -1.50. The number of carbonyl (C=O) groups excluding carboxylic acids is 1. The Morgan fingerprint density at radius 1 is 1.33 bits per heavy atom. The second kappa shape index (κ2) is 7.22. The summed E-state index contributed by atoms with van der Waals surface area (Å²) >= 11 is 0. The van der Waals surface area contributed by atoms with E-state index in [4.69, 9.17) is 5.11 Å². The van der Waals surface area contributed by atoms with E-state index in [-0.39, 0.29) is 5.92 Å². The summed E-state index contributed by atoms with van der Waals surface area (Å²) in [6.45, 7) is 4.04. The zero-order chi connectivity index (χ0) is 16.2. The van der Waals surface area contributed by atoms with Crippen molar-refractivity contribution in [2.24, 2.45) is 5.92 Å². The van der Waals surface area contributed by atoms with Crippen molar-refractivity contribution in [3.8, 4) is 0 Å². The number of sulfonamides is 1. The van der Waals surface area contributed by atoms with E-state index in [1.807, 2.05) is 13.8 Å². The lowest BCUT2D eigenvalue weighted by atomic mass is 10.0. The van der Waals surface area contributed by atoms with Crippen LogP contribution in [0.25, 0.3) is 0 Å². The summed E-state index contributed by atoms with van der Waals surface area (Å²) in [7, 11) is -3.47. The molecule has 0 saturated carbocycles. The third-order valence-electron chi connectivity index (χ3n) is 3.50. The van der Waals surface area contributed by atoms with Gasteiger partial charge in [0.2, 0.25) is 15.9 Å². The van der Waals surface area contributed by atoms with Crippen molar-refractivity contribution in [3.05, 3.63) is 0 Å². The highest BCUT2D eigenvalue weighted by Gasteiger charge is 2.36. The standard InChI is InChI=1S/C13H24N2O5S/c1-9(2)8-10(13(17)18)14-12(16)11-6-4-5-7-15(11)21(3,19)20/h9-11H,4-8H2,1-3H3,(H,14,16)(H,17,18)/t10-,11?/m1/s1. The molecule has 1 heterocycles. The van der Waals surface area contributed by atoms with Gasteiger partial charge >= 0.3 is 5.97 Å². The molecule has 0 aliphatic carbocycles. The van der Waals surface area contributed by atoms with E-state index in [0.717, 1.165) is 12.7 Å². The Kier molecular flexibility index (Phi) is 6.15. The molecule has 122 valence electrons. The van der Waals surface area contributed by atoms with Gasteiger partial charge in [0.05, 0.1) is 6.26 Å². The van der Waals surface area contributed by atoms with Gasteiger partial charge in [-0.3, -0.25) is 4.79 Å². The number of amides is 1. The molecule has 2 N–H and O–H groups in total. The number of hydrogen-bond acceptors (Lipinski definition) is 4. The number of nitrogens with zero attached hydrogens (tertiary/aromatic N) is 1. The minimum Gasteiger partial charge on any atom is -0.480 e. The number of rotatable bonds is 6. The first kappa shape index (κ1) is 17.9. The molecular weight excluding hydrogens is 296 g/mol. The molecule has 2 atom stereocenters. The topological polar surface area (TPSA) is 104 Å².